The summed E-state index contributed by atoms with van der Waals surface area (Å²) < 4.78 is 30.8. The van der Waals surface area contributed by atoms with Gasteiger partial charge in [-0.25, -0.2) is 13.1 Å². The van der Waals surface area contributed by atoms with Crippen LogP contribution in [0, 0.1) is 10.1 Å². The van der Waals surface area contributed by atoms with Gasteiger partial charge in [0.1, 0.15) is 0 Å². The number of hydrogen-bond donors (Lipinski definition) is 2. The molecule has 2 N–H and O–H groups in total. The third-order valence-corrected chi connectivity index (χ3v) is 3.77. The second kappa shape index (κ2) is 6.57. The van der Waals surface area contributed by atoms with Crippen LogP contribution in [-0.4, -0.2) is 44.8 Å². The lowest BCUT2D eigenvalue weighted by Crippen LogP contribution is -2.40. The van der Waals surface area contributed by atoms with Crippen LogP contribution in [0.5, 0.6) is 0 Å². The highest BCUT2D eigenvalue weighted by Crippen LogP contribution is 2.17. The minimum absolute atomic E-state index is 0.00927. The molecule has 0 spiro atoms. The van der Waals surface area contributed by atoms with Gasteiger partial charge in [-0.2, -0.15) is 0 Å². The molecule has 0 aliphatic carbocycles. The molecule has 1 atom stereocenters. The Labute approximate surface area is 110 Å². The lowest BCUT2D eigenvalue weighted by atomic mass is 10.3. The number of nitrogens with one attached hydrogen (secondary N) is 1. The Balaban J connectivity index is 2.99. The molecule has 1 aromatic carbocycles. The molecule has 1 rings (SSSR count). The van der Waals surface area contributed by atoms with Crippen LogP contribution in [0.1, 0.15) is 0 Å². The summed E-state index contributed by atoms with van der Waals surface area (Å²) in [6, 6.07) is 3.84. The molecule has 0 saturated carbocycles. The Bertz CT molecular complexity index is 545. The van der Waals surface area contributed by atoms with Crippen LogP contribution in [0.2, 0.25) is 0 Å². The van der Waals surface area contributed by atoms with Crippen molar-refractivity contribution in [1.29, 1.82) is 0 Å². The maximum absolute atomic E-state index is 12.0. The molecule has 106 valence electrons. The van der Waals surface area contributed by atoms with Crippen molar-refractivity contribution < 1.29 is 23.2 Å². The molecule has 1 aromatic rings. The Morgan fingerprint density at radius 2 is 2.21 bits per heavy atom. The third-order valence-electron chi connectivity index (χ3n) is 2.25. The highest BCUT2D eigenvalue weighted by Gasteiger charge is 2.21. The number of hydrogen-bond acceptors (Lipinski definition) is 6. The average molecular weight is 290 g/mol. The first kappa shape index (κ1) is 15.5. The molecule has 0 aromatic heterocycles. The molecule has 0 amide bonds. The number of non-ortho nitro benzene ring substituents is 1. The minimum atomic E-state index is -3.94. The van der Waals surface area contributed by atoms with E-state index in [1.165, 1.54) is 25.3 Å². The summed E-state index contributed by atoms with van der Waals surface area (Å²) in [4.78, 5) is 9.67. The van der Waals surface area contributed by atoms with E-state index < -0.39 is 27.6 Å². The van der Waals surface area contributed by atoms with Gasteiger partial charge in [-0.05, 0) is 6.07 Å². The standard InChI is InChI=1S/C10H14N2O6S/c1-18-7-8(6-13)11-19(16,17)10-4-2-3-9(5-10)12(14)15/h2-5,8,11,13H,6-7H2,1H3. The van der Waals surface area contributed by atoms with Crippen LogP contribution >= 0.6 is 0 Å². The molecule has 0 radical (unpaired) electrons. The summed E-state index contributed by atoms with van der Waals surface area (Å²) in [5, 5.41) is 19.6. The quantitative estimate of drug-likeness (QED) is 0.534. The molecule has 0 aliphatic rings. The van der Waals surface area contributed by atoms with Gasteiger partial charge in [-0.3, -0.25) is 10.1 Å². The van der Waals surface area contributed by atoms with Crippen LogP contribution in [0.25, 0.3) is 0 Å². The fourth-order valence-electron chi connectivity index (χ4n) is 1.38. The van der Waals surface area contributed by atoms with Gasteiger partial charge in [0.15, 0.2) is 0 Å². The lowest BCUT2D eigenvalue weighted by Gasteiger charge is -2.15. The molecule has 0 saturated heterocycles. The summed E-state index contributed by atoms with van der Waals surface area (Å²) in [6.45, 7) is -0.452. The first-order chi connectivity index (χ1) is 8.90. The SMILES string of the molecule is COCC(CO)NS(=O)(=O)c1cccc([N+](=O)[O-])c1. The predicted octanol–water partition coefficient (Wildman–Crippen LogP) is -0.120. The summed E-state index contributed by atoms with van der Waals surface area (Å²) >= 11 is 0. The first-order valence-corrected chi connectivity index (χ1v) is 6.75. The van der Waals surface area contributed by atoms with E-state index in [1.54, 1.807) is 0 Å². The number of aliphatic hydroxyl groups is 1. The molecule has 9 heteroatoms. The second-order valence-electron chi connectivity index (χ2n) is 3.71. The number of methoxy groups -OCH3 is 1. The number of benzene rings is 1. The summed E-state index contributed by atoms with van der Waals surface area (Å²) in [6.07, 6.45) is 0. The van der Waals surface area contributed by atoms with Crippen molar-refractivity contribution in [2.24, 2.45) is 0 Å². The number of sulfonamides is 1. The fraction of sp³-hybridized carbons (Fsp3) is 0.400. The normalized spacial score (nSPS) is 13.2. The van der Waals surface area contributed by atoms with Crippen molar-refractivity contribution in [2.45, 2.75) is 10.9 Å². The van der Waals surface area contributed by atoms with Gasteiger partial charge in [-0.1, -0.05) is 6.07 Å². The number of aliphatic hydroxyl groups excluding tert-OH is 1. The molecule has 0 fully saturated rings. The largest absolute Gasteiger partial charge is 0.395 e. The molecule has 1 unspecified atom stereocenters. The maximum Gasteiger partial charge on any atom is 0.270 e. The zero-order chi connectivity index (χ0) is 14.5. The van der Waals surface area contributed by atoms with Crippen molar-refractivity contribution in [3.05, 3.63) is 34.4 Å². The Kier molecular flexibility index (Phi) is 5.36. The molecule has 19 heavy (non-hydrogen) atoms. The van der Waals surface area contributed by atoms with Crippen LogP contribution in [0.3, 0.4) is 0 Å². The number of rotatable bonds is 7. The van der Waals surface area contributed by atoms with E-state index in [1.807, 2.05) is 0 Å². The molecular formula is C10H14N2O6S. The zero-order valence-electron chi connectivity index (χ0n) is 10.1. The number of nitro benzene ring substituents is 1. The lowest BCUT2D eigenvalue weighted by molar-refractivity contribution is -0.385. The van der Waals surface area contributed by atoms with E-state index in [9.17, 15) is 18.5 Å². The molecule has 8 nitrogen and oxygen atoms in total. The minimum Gasteiger partial charge on any atom is -0.395 e. The number of nitrogens with zero attached hydrogens (tertiary/aromatic N) is 1. The van der Waals surface area contributed by atoms with E-state index >= 15 is 0 Å². The van der Waals surface area contributed by atoms with Gasteiger partial charge in [0, 0.05) is 19.2 Å². The maximum atomic E-state index is 12.0. The molecule has 0 bridgehead atoms. The zero-order valence-corrected chi connectivity index (χ0v) is 11.0. The summed E-state index contributed by atoms with van der Waals surface area (Å²) in [7, 11) is -2.58. The first-order valence-electron chi connectivity index (χ1n) is 5.27. The number of ether oxygens (including phenoxy) is 1. The van der Waals surface area contributed by atoms with Gasteiger partial charge < -0.3 is 9.84 Å². The van der Waals surface area contributed by atoms with Crippen LogP contribution < -0.4 is 4.72 Å². The van der Waals surface area contributed by atoms with E-state index in [4.69, 9.17) is 9.84 Å². The van der Waals surface area contributed by atoms with Gasteiger partial charge in [-0.15, -0.1) is 0 Å². The van der Waals surface area contributed by atoms with Gasteiger partial charge in [0.05, 0.1) is 29.1 Å². The van der Waals surface area contributed by atoms with Crippen molar-refractivity contribution >= 4 is 15.7 Å². The van der Waals surface area contributed by atoms with E-state index in [0.717, 1.165) is 6.07 Å². The van der Waals surface area contributed by atoms with Gasteiger partial charge in [0.25, 0.3) is 5.69 Å². The monoisotopic (exact) mass is 290 g/mol. The van der Waals surface area contributed by atoms with Crippen molar-refractivity contribution in [3.8, 4) is 0 Å². The van der Waals surface area contributed by atoms with Crippen molar-refractivity contribution in [1.82, 2.24) is 4.72 Å². The fourth-order valence-corrected chi connectivity index (χ4v) is 2.63. The highest BCUT2D eigenvalue weighted by molar-refractivity contribution is 7.89. The van der Waals surface area contributed by atoms with Crippen molar-refractivity contribution in [2.75, 3.05) is 20.3 Å². The molecule has 0 heterocycles. The Morgan fingerprint density at radius 3 is 2.74 bits per heavy atom. The second-order valence-corrected chi connectivity index (χ2v) is 5.42. The Hall–Kier alpha value is -1.55. The smallest absolute Gasteiger partial charge is 0.270 e. The number of nitro groups is 1. The Morgan fingerprint density at radius 1 is 1.53 bits per heavy atom. The van der Waals surface area contributed by atoms with E-state index in [-0.39, 0.29) is 17.2 Å². The predicted molar refractivity (Wildman–Crippen MR) is 66.2 cm³/mol. The van der Waals surface area contributed by atoms with Crippen molar-refractivity contribution in [3.63, 3.8) is 0 Å². The summed E-state index contributed by atoms with van der Waals surface area (Å²) in [5.74, 6) is 0. The summed E-state index contributed by atoms with van der Waals surface area (Å²) in [5.41, 5.74) is -0.324. The highest BCUT2D eigenvalue weighted by atomic mass is 32.2. The van der Waals surface area contributed by atoms with E-state index in [2.05, 4.69) is 4.72 Å². The topological polar surface area (TPSA) is 119 Å². The van der Waals surface area contributed by atoms with E-state index in [0.29, 0.717) is 0 Å². The average Bonchev–Trinajstić information content (AvgIpc) is 2.38. The van der Waals surface area contributed by atoms with Crippen LogP contribution in [0.15, 0.2) is 29.2 Å². The molecule has 0 aliphatic heterocycles. The van der Waals surface area contributed by atoms with Gasteiger partial charge >= 0.3 is 0 Å². The van der Waals surface area contributed by atoms with Crippen LogP contribution in [-0.2, 0) is 14.8 Å². The third kappa shape index (κ3) is 4.24. The van der Waals surface area contributed by atoms with Crippen LogP contribution in [0.4, 0.5) is 5.69 Å². The van der Waals surface area contributed by atoms with Gasteiger partial charge in [0.2, 0.25) is 10.0 Å². The molecular weight excluding hydrogens is 276 g/mol.